The molecule has 0 aliphatic heterocycles. The van der Waals surface area contributed by atoms with E-state index in [9.17, 15) is 0 Å². The van der Waals surface area contributed by atoms with Gasteiger partial charge in [-0.15, -0.1) is 0 Å². The van der Waals surface area contributed by atoms with Gasteiger partial charge in [-0.05, 0) is 132 Å². The maximum atomic E-state index is 2.59. The molecule has 8 aromatic carbocycles. The summed E-state index contributed by atoms with van der Waals surface area (Å²) in [6, 6.07) is 71.2. The molecule has 0 heterocycles. The maximum absolute atomic E-state index is 2.59. The average Bonchev–Trinajstić information content (AvgIpc) is 3.71. The standard InChI is InChI=1S/C60H53N/c1-57(2)35-36-58(3,4)56-47(29-20-32-52(56)57)49-38-48-45-28-17-19-31-51(45)60(40-21-10-7-11-22-40,41-23-12-8-13-24-41)54(48)39-55(49)61(42-25-14-9-15-26-42)43-33-34-46-44-27-16-18-30-50(44)59(5,6)53(46)37-43/h7-34,37-39H,35-36H2,1-6H3. The summed E-state index contributed by atoms with van der Waals surface area (Å²) in [5.41, 5.74) is 21.6. The quantitative estimate of drug-likeness (QED) is 0.162. The van der Waals surface area contributed by atoms with Crippen LogP contribution in [0.1, 0.15) is 98.9 Å². The molecule has 8 aromatic rings. The summed E-state index contributed by atoms with van der Waals surface area (Å²) in [6.45, 7) is 14.6. The number of hydrogen-bond acceptors (Lipinski definition) is 1. The number of para-hydroxylation sites is 1. The second-order valence-electron chi connectivity index (χ2n) is 19.5. The van der Waals surface area contributed by atoms with Gasteiger partial charge in [0.15, 0.2) is 0 Å². The molecule has 0 atom stereocenters. The molecule has 1 heteroatoms. The van der Waals surface area contributed by atoms with E-state index in [4.69, 9.17) is 0 Å². The SMILES string of the molecule is CC1(C)CCC(C)(C)c2c(-c3cc4c(cc3N(c3ccccc3)c3ccc5c(c3)C(C)(C)c3ccccc3-5)C(c3ccccc3)(c3ccccc3)c3ccccc3-4)cccc21. The van der Waals surface area contributed by atoms with Crippen LogP contribution in [0.25, 0.3) is 33.4 Å². The van der Waals surface area contributed by atoms with Crippen LogP contribution < -0.4 is 4.90 Å². The van der Waals surface area contributed by atoms with Gasteiger partial charge in [0.05, 0.1) is 11.1 Å². The lowest BCUT2D eigenvalue weighted by atomic mass is 9.61. The Balaban J connectivity index is 1.29. The van der Waals surface area contributed by atoms with Gasteiger partial charge in [-0.25, -0.2) is 0 Å². The topological polar surface area (TPSA) is 3.24 Å². The number of rotatable bonds is 6. The van der Waals surface area contributed by atoms with Gasteiger partial charge in [-0.3, -0.25) is 0 Å². The molecule has 0 fully saturated rings. The highest BCUT2D eigenvalue weighted by molar-refractivity contribution is 5.98. The van der Waals surface area contributed by atoms with Gasteiger partial charge in [-0.2, -0.15) is 0 Å². The Morgan fingerprint density at radius 1 is 0.344 bits per heavy atom. The number of benzene rings is 8. The van der Waals surface area contributed by atoms with Crippen LogP contribution in [0.2, 0.25) is 0 Å². The van der Waals surface area contributed by atoms with Crippen molar-refractivity contribution in [1.29, 1.82) is 0 Å². The molecule has 0 saturated carbocycles. The van der Waals surface area contributed by atoms with Crippen molar-refractivity contribution in [3.8, 4) is 33.4 Å². The van der Waals surface area contributed by atoms with Gasteiger partial charge >= 0.3 is 0 Å². The van der Waals surface area contributed by atoms with Crippen LogP contribution in [0.15, 0.2) is 188 Å². The predicted octanol–water partition coefficient (Wildman–Crippen LogP) is 15.8. The van der Waals surface area contributed by atoms with E-state index < -0.39 is 5.41 Å². The largest absolute Gasteiger partial charge is 0.310 e. The zero-order valence-corrected chi connectivity index (χ0v) is 36.3. The minimum atomic E-state index is -0.539. The van der Waals surface area contributed by atoms with E-state index in [2.05, 4.69) is 234 Å². The summed E-state index contributed by atoms with van der Waals surface area (Å²) in [5.74, 6) is 0. The number of nitrogens with zero attached hydrogens (tertiary/aromatic N) is 1. The molecule has 0 spiro atoms. The van der Waals surface area contributed by atoms with Gasteiger partial charge in [0, 0.05) is 22.4 Å². The first-order valence-corrected chi connectivity index (χ1v) is 22.2. The zero-order valence-electron chi connectivity index (χ0n) is 36.3. The lowest BCUT2D eigenvalue weighted by Crippen LogP contribution is -2.34. The van der Waals surface area contributed by atoms with Crippen molar-refractivity contribution in [2.45, 2.75) is 76.0 Å². The summed E-state index contributed by atoms with van der Waals surface area (Å²) in [6.07, 6.45) is 2.31. The zero-order chi connectivity index (χ0) is 41.7. The highest BCUT2D eigenvalue weighted by atomic mass is 15.1. The van der Waals surface area contributed by atoms with Crippen molar-refractivity contribution in [2.24, 2.45) is 0 Å². The maximum Gasteiger partial charge on any atom is 0.0714 e. The van der Waals surface area contributed by atoms with Crippen LogP contribution in [0.5, 0.6) is 0 Å². The van der Waals surface area contributed by atoms with E-state index in [0.29, 0.717) is 0 Å². The Hall–Kier alpha value is -6.44. The second kappa shape index (κ2) is 13.5. The fraction of sp³-hybridized carbons (Fsp3) is 0.200. The molecule has 0 amide bonds. The molecule has 0 N–H and O–H groups in total. The molecular formula is C60H53N. The fourth-order valence-electron chi connectivity index (χ4n) is 11.7. The first-order valence-electron chi connectivity index (χ1n) is 22.2. The Morgan fingerprint density at radius 2 is 0.869 bits per heavy atom. The lowest BCUT2D eigenvalue weighted by molar-refractivity contribution is 0.333. The van der Waals surface area contributed by atoms with Gasteiger partial charge in [-0.1, -0.05) is 193 Å². The third kappa shape index (κ3) is 5.46. The summed E-state index contributed by atoms with van der Waals surface area (Å²) < 4.78 is 0. The van der Waals surface area contributed by atoms with E-state index in [1.807, 2.05) is 0 Å². The van der Waals surface area contributed by atoms with Crippen LogP contribution in [-0.2, 0) is 21.7 Å². The lowest BCUT2D eigenvalue weighted by Gasteiger charge is -2.43. The van der Waals surface area contributed by atoms with E-state index >= 15 is 0 Å². The normalized spacial score (nSPS) is 16.8. The van der Waals surface area contributed by atoms with E-state index in [-0.39, 0.29) is 16.2 Å². The van der Waals surface area contributed by atoms with Crippen molar-refractivity contribution in [3.63, 3.8) is 0 Å². The van der Waals surface area contributed by atoms with Crippen molar-refractivity contribution in [3.05, 3.63) is 233 Å². The molecule has 298 valence electrons. The smallest absolute Gasteiger partial charge is 0.0714 e. The molecule has 3 aliphatic carbocycles. The van der Waals surface area contributed by atoms with Gasteiger partial charge in [0.25, 0.3) is 0 Å². The molecule has 11 rings (SSSR count). The van der Waals surface area contributed by atoms with Crippen molar-refractivity contribution in [2.75, 3.05) is 4.90 Å². The van der Waals surface area contributed by atoms with E-state index in [1.165, 1.54) is 90.0 Å². The van der Waals surface area contributed by atoms with E-state index in [1.54, 1.807) is 0 Å². The summed E-state index contributed by atoms with van der Waals surface area (Å²) in [7, 11) is 0. The third-order valence-corrected chi connectivity index (χ3v) is 14.8. The first kappa shape index (κ1) is 37.6. The summed E-state index contributed by atoms with van der Waals surface area (Å²) >= 11 is 0. The Kier molecular flexibility index (Phi) is 8.33. The Bertz CT molecular complexity index is 2950. The van der Waals surface area contributed by atoms with Crippen LogP contribution in [-0.4, -0.2) is 0 Å². The minimum absolute atomic E-state index is 0.00554. The fourth-order valence-corrected chi connectivity index (χ4v) is 11.7. The molecule has 3 aliphatic rings. The second-order valence-corrected chi connectivity index (χ2v) is 19.5. The van der Waals surface area contributed by atoms with Crippen LogP contribution in [0, 0.1) is 0 Å². The van der Waals surface area contributed by atoms with Crippen LogP contribution in [0.3, 0.4) is 0 Å². The van der Waals surface area contributed by atoms with Crippen molar-refractivity contribution >= 4 is 17.1 Å². The highest BCUT2D eigenvalue weighted by Gasteiger charge is 2.48. The Morgan fingerprint density at radius 3 is 1.54 bits per heavy atom. The molecule has 0 unspecified atom stereocenters. The van der Waals surface area contributed by atoms with E-state index in [0.717, 1.165) is 17.8 Å². The monoisotopic (exact) mass is 787 g/mol. The van der Waals surface area contributed by atoms with Gasteiger partial charge in [0.1, 0.15) is 0 Å². The van der Waals surface area contributed by atoms with Crippen LogP contribution in [0.4, 0.5) is 17.1 Å². The molecule has 0 aromatic heterocycles. The molecule has 1 nitrogen and oxygen atoms in total. The predicted molar refractivity (Wildman–Crippen MR) is 257 cm³/mol. The van der Waals surface area contributed by atoms with Crippen LogP contribution >= 0.6 is 0 Å². The molecule has 0 saturated heterocycles. The number of fused-ring (bicyclic) bond motifs is 7. The highest BCUT2D eigenvalue weighted by Crippen LogP contribution is 2.60. The van der Waals surface area contributed by atoms with Crippen molar-refractivity contribution in [1.82, 2.24) is 0 Å². The first-order chi connectivity index (χ1) is 29.5. The Labute approximate surface area is 362 Å². The van der Waals surface area contributed by atoms with Gasteiger partial charge in [0.2, 0.25) is 0 Å². The minimum Gasteiger partial charge on any atom is -0.310 e. The summed E-state index contributed by atoms with van der Waals surface area (Å²) in [5, 5.41) is 0. The number of hydrogen-bond donors (Lipinski definition) is 0. The van der Waals surface area contributed by atoms with Gasteiger partial charge < -0.3 is 4.90 Å². The molecule has 0 bridgehead atoms. The molecular weight excluding hydrogens is 735 g/mol. The number of anilines is 3. The molecule has 0 radical (unpaired) electrons. The summed E-state index contributed by atoms with van der Waals surface area (Å²) in [4.78, 5) is 2.57. The molecule has 61 heavy (non-hydrogen) atoms. The average molecular weight is 788 g/mol. The van der Waals surface area contributed by atoms with Crippen molar-refractivity contribution < 1.29 is 0 Å². The third-order valence-electron chi connectivity index (χ3n) is 14.8.